The summed E-state index contributed by atoms with van der Waals surface area (Å²) >= 11 is 0. The van der Waals surface area contributed by atoms with Crippen LogP contribution < -0.4 is 10.2 Å². The summed E-state index contributed by atoms with van der Waals surface area (Å²) in [6.07, 6.45) is 4.55. The van der Waals surface area contributed by atoms with Gasteiger partial charge in [0.25, 0.3) is 0 Å². The van der Waals surface area contributed by atoms with Gasteiger partial charge in [-0.2, -0.15) is 0 Å². The number of nitrogens with zero attached hydrogens (tertiary/aromatic N) is 2. The molecule has 1 atom stereocenters. The van der Waals surface area contributed by atoms with E-state index in [-0.39, 0.29) is 0 Å². The van der Waals surface area contributed by atoms with Crippen molar-refractivity contribution in [2.75, 3.05) is 18.0 Å². The van der Waals surface area contributed by atoms with E-state index in [4.69, 9.17) is 0 Å². The van der Waals surface area contributed by atoms with Crippen molar-refractivity contribution in [1.29, 1.82) is 0 Å². The third kappa shape index (κ3) is 4.18. The van der Waals surface area contributed by atoms with Crippen LogP contribution in [-0.4, -0.2) is 34.8 Å². The van der Waals surface area contributed by atoms with Crippen LogP contribution in [0.3, 0.4) is 0 Å². The minimum absolute atomic E-state index is 0.466. The van der Waals surface area contributed by atoms with Crippen molar-refractivity contribution in [2.24, 2.45) is 0 Å². The lowest BCUT2D eigenvalue weighted by Gasteiger charge is -2.25. The summed E-state index contributed by atoms with van der Waals surface area (Å²) in [7, 11) is 0. The molecule has 0 aliphatic carbocycles. The van der Waals surface area contributed by atoms with Gasteiger partial charge in [0.1, 0.15) is 5.82 Å². The van der Waals surface area contributed by atoms with Crippen molar-refractivity contribution in [1.82, 2.24) is 10.3 Å². The molecule has 20 heavy (non-hydrogen) atoms. The number of nitrogens with one attached hydrogen (secondary N) is 1. The number of rotatable bonds is 4. The van der Waals surface area contributed by atoms with Gasteiger partial charge in [-0.05, 0) is 32.3 Å². The largest absolute Gasteiger partial charge is 0.390 e. The third-order valence-electron chi connectivity index (χ3n) is 3.93. The Morgan fingerprint density at radius 2 is 2.20 bits per heavy atom. The van der Waals surface area contributed by atoms with E-state index in [9.17, 15) is 5.11 Å². The van der Waals surface area contributed by atoms with Gasteiger partial charge in [0.05, 0.1) is 5.60 Å². The van der Waals surface area contributed by atoms with E-state index in [0.717, 1.165) is 44.7 Å². The molecule has 0 amide bonds. The van der Waals surface area contributed by atoms with Crippen LogP contribution in [0.15, 0.2) is 18.3 Å². The number of hydrogen-bond donors (Lipinski definition) is 2. The zero-order valence-corrected chi connectivity index (χ0v) is 12.9. The van der Waals surface area contributed by atoms with Gasteiger partial charge in [0, 0.05) is 37.4 Å². The van der Waals surface area contributed by atoms with Crippen LogP contribution in [0, 0.1) is 0 Å². The van der Waals surface area contributed by atoms with Gasteiger partial charge in [-0.1, -0.05) is 19.9 Å². The number of pyridine rings is 1. The zero-order chi connectivity index (χ0) is 14.6. The third-order valence-corrected chi connectivity index (χ3v) is 3.93. The summed E-state index contributed by atoms with van der Waals surface area (Å²) in [5.74, 6) is 1.07. The van der Waals surface area contributed by atoms with Crippen LogP contribution in [0.4, 0.5) is 5.82 Å². The summed E-state index contributed by atoms with van der Waals surface area (Å²) in [6, 6.07) is 4.60. The summed E-state index contributed by atoms with van der Waals surface area (Å²) in [5.41, 5.74) is 0.711. The first-order chi connectivity index (χ1) is 9.48. The van der Waals surface area contributed by atoms with Gasteiger partial charge in [0.2, 0.25) is 0 Å². The highest BCUT2D eigenvalue weighted by molar-refractivity contribution is 5.46. The summed E-state index contributed by atoms with van der Waals surface area (Å²) in [6.45, 7) is 8.93. The number of anilines is 1. The second-order valence-electron chi connectivity index (χ2n) is 6.36. The highest BCUT2D eigenvalue weighted by Gasteiger charge is 2.26. The molecule has 0 radical (unpaired) electrons. The Balaban J connectivity index is 2.11. The Labute approximate surface area is 122 Å². The Morgan fingerprint density at radius 3 is 2.95 bits per heavy atom. The summed E-state index contributed by atoms with van der Waals surface area (Å²) in [4.78, 5) is 6.89. The lowest BCUT2D eigenvalue weighted by atomic mass is 9.98. The summed E-state index contributed by atoms with van der Waals surface area (Å²) < 4.78 is 0. The highest BCUT2D eigenvalue weighted by atomic mass is 16.3. The highest BCUT2D eigenvalue weighted by Crippen LogP contribution is 2.26. The molecule has 0 bridgehead atoms. The predicted molar refractivity (Wildman–Crippen MR) is 82.9 cm³/mol. The predicted octanol–water partition coefficient (Wildman–Crippen LogP) is 2.32. The molecule has 1 saturated heterocycles. The van der Waals surface area contributed by atoms with Crippen molar-refractivity contribution in [3.8, 4) is 0 Å². The Hall–Kier alpha value is -1.13. The van der Waals surface area contributed by atoms with Gasteiger partial charge in [-0.15, -0.1) is 0 Å². The molecule has 0 spiro atoms. The van der Waals surface area contributed by atoms with Crippen LogP contribution in [0.2, 0.25) is 0 Å². The van der Waals surface area contributed by atoms with Gasteiger partial charge in [-0.25, -0.2) is 4.98 Å². The van der Waals surface area contributed by atoms with E-state index in [2.05, 4.69) is 35.1 Å². The van der Waals surface area contributed by atoms with Crippen molar-refractivity contribution in [3.05, 3.63) is 23.9 Å². The molecule has 0 aromatic carbocycles. The van der Waals surface area contributed by atoms with Crippen molar-refractivity contribution in [3.63, 3.8) is 0 Å². The van der Waals surface area contributed by atoms with Crippen LogP contribution in [0.1, 0.15) is 45.6 Å². The standard InChI is InChI=1S/C16H27N3O/c1-13(2)18-12-14-6-4-9-17-15(14)19-10-5-7-16(3,20)8-11-19/h4,6,9,13,18,20H,5,7-8,10-12H2,1-3H3. The van der Waals surface area contributed by atoms with E-state index < -0.39 is 5.60 Å². The van der Waals surface area contributed by atoms with Crippen LogP contribution in [0.25, 0.3) is 0 Å². The molecule has 2 heterocycles. The second kappa shape index (κ2) is 6.55. The van der Waals surface area contributed by atoms with Crippen molar-refractivity contribution < 1.29 is 5.11 Å². The molecule has 1 aliphatic rings. The fourth-order valence-corrected chi connectivity index (χ4v) is 2.64. The lowest BCUT2D eigenvalue weighted by molar-refractivity contribution is 0.0481. The summed E-state index contributed by atoms with van der Waals surface area (Å²) in [5, 5.41) is 13.7. The first kappa shape index (κ1) is 15.3. The lowest BCUT2D eigenvalue weighted by Crippen LogP contribution is -2.30. The van der Waals surface area contributed by atoms with Crippen LogP contribution in [-0.2, 0) is 6.54 Å². The van der Waals surface area contributed by atoms with E-state index >= 15 is 0 Å². The molecule has 1 fully saturated rings. The molecule has 112 valence electrons. The van der Waals surface area contributed by atoms with Gasteiger partial charge >= 0.3 is 0 Å². The van der Waals surface area contributed by atoms with E-state index in [1.165, 1.54) is 5.56 Å². The Morgan fingerprint density at radius 1 is 1.40 bits per heavy atom. The molecule has 4 heteroatoms. The Kier molecular flexibility index (Phi) is 5.00. The molecule has 1 aromatic rings. The van der Waals surface area contributed by atoms with E-state index in [1.54, 1.807) is 0 Å². The molecule has 0 saturated carbocycles. The fourth-order valence-electron chi connectivity index (χ4n) is 2.64. The zero-order valence-electron chi connectivity index (χ0n) is 12.9. The minimum Gasteiger partial charge on any atom is -0.390 e. The van der Waals surface area contributed by atoms with E-state index in [0.29, 0.717) is 6.04 Å². The van der Waals surface area contributed by atoms with Crippen molar-refractivity contribution in [2.45, 2.75) is 58.2 Å². The first-order valence-corrected chi connectivity index (χ1v) is 7.62. The average Bonchev–Trinajstić information content (AvgIpc) is 2.58. The number of aliphatic hydroxyl groups is 1. The monoisotopic (exact) mass is 277 g/mol. The molecular weight excluding hydrogens is 250 g/mol. The number of aromatic nitrogens is 1. The maximum atomic E-state index is 10.2. The van der Waals surface area contributed by atoms with Crippen molar-refractivity contribution >= 4 is 5.82 Å². The topological polar surface area (TPSA) is 48.4 Å². The Bertz CT molecular complexity index is 431. The average molecular weight is 277 g/mol. The van der Waals surface area contributed by atoms with Gasteiger partial charge in [0.15, 0.2) is 0 Å². The SMILES string of the molecule is CC(C)NCc1cccnc1N1CCCC(C)(O)CC1. The quantitative estimate of drug-likeness (QED) is 0.887. The molecule has 4 nitrogen and oxygen atoms in total. The molecule has 1 unspecified atom stereocenters. The molecule has 2 N–H and O–H groups in total. The van der Waals surface area contributed by atoms with Gasteiger partial charge < -0.3 is 15.3 Å². The smallest absolute Gasteiger partial charge is 0.133 e. The maximum absolute atomic E-state index is 10.2. The molecule has 1 aliphatic heterocycles. The van der Waals surface area contributed by atoms with E-state index in [1.807, 2.05) is 19.2 Å². The maximum Gasteiger partial charge on any atom is 0.133 e. The number of hydrogen-bond acceptors (Lipinski definition) is 4. The van der Waals surface area contributed by atoms with Gasteiger partial charge in [-0.3, -0.25) is 0 Å². The minimum atomic E-state index is -0.528. The second-order valence-corrected chi connectivity index (χ2v) is 6.36. The molecule has 1 aromatic heterocycles. The van der Waals surface area contributed by atoms with Crippen LogP contribution >= 0.6 is 0 Å². The molecular formula is C16H27N3O. The first-order valence-electron chi connectivity index (χ1n) is 7.62. The molecule has 2 rings (SSSR count). The van der Waals surface area contributed by atoms with Crippen LogP contribution in [0.5, 0.6) is 0 Å². The normalized spacial score (nSPS) is 23.9. The fraction of sp³-hybridized carbons (Fsp3) is 0.688.